The van der Waals surface area contributed by atoms with E-state index >= 15 is 0 Å². The molecule has 2 N–H and O–H groups in total. The number of aliphatic hydroxyl groups is 2. The van der Waals surface area contributed by atoms with Gasteiger partial charge in [0.15, 0.2) is 5.60 Å². The van der Waals surface area contributed by atoms with Crippen molar-refractivity contribution in [2.75, 3.05) is 6.61 Å². The number of fused-ring (bicyclic) bond motifs is 1. The van der Waals surface area contributed by atoms with E-state index in [4.69, 9.17) is 5.11 Å². The van der Waals surface area contributed by atoms with E-state index in [9.17, 15) is 15.2 Å². The molecule has 1 aromatic carbocycles. The van der Waals surface area contributed by atoms with Crippen molar-refractivity contribution < 1.29 is 15.1 Å². The highest BCUT2D eigenvalue weighted by Gasteiger charge is 2.45. The van der Waals surface area contributed by atoms with Crippen LogP contribution in [0.15, 0.2) is 30.3 Å². The van der Waals surface area contributed by atoms with Crippen molar-refractivity contribution in [1.82, 2.24) is 0 Å². The zero-order valence-corrected chi connectivity index (χ0v) is 10.7. The maximum absolute atomic E-state index is 11.1. The van der Waals surface area contributed by atoms with Crippen LogP contribution in [0.5, 0.6) is 0 Å². The molecule has 0 saturated carbocycles. The van der Waals surface area contributed by atoms with E-state index in [0.29, 0.717) is 12.0 Å². The number of aliphatic hydroxyl groups excluding tert-OH is 1. The van der Waals surface area contributed by atoms with Crippen molar-refractivity contribution in [1.29, 1.82) is 0 Å². The average molecular weight is 263 g/mol. The molecular weight excluding hydrogens is 246 g/mol. The highest BCUT2D eigenvalue weighted by Crippen LogP contribution is 2.38. The molecular formula is C14H17NO4. The van der Waals surface area contributed by atoms with Crippen molar-refractivity contribution in [3.8, 4) is 0 Å². The van der Waals surface area contributed by atoms with Gasteiger partial charge in [-0.3, -0.25) is 10.1 Å². The van der Waals surface area contributed by atoms with Crippen LogP contribution in [0.1, 0.15) is 24.5 Å². The van der Waals surface area contributed by atoms with Gasteiger partial charge in [-0.15, -0.1) is 0 Å². The number of nitro groups is 1. The molecule has 0 saturated heterocycles. The van der Waals surface area contributed by atoms with Crippen molar-refractivity contribution >= 4 is 5.57 Å². The molecule has 5 heteroatoms. The molecule has 0 radical (unpaired) electrons. The van der Waals surface area contributed by atoms with Gasteiger partial charge in [0.1, 0.15) is 0 Å². The van der Waals surface area contributed by atoms with E-state index in [1.807, 2.05) is 30.3 Å². The van der Waals surface area contributed by atoms with Crippen LogP contribution < -0.4 is 0 Å². The van der Waals surface area contributed by atoms with Gasteiger partial charge in [0, 0.05) is 18.0 Å². The molecule has 1 aromatic rings. The van der Waals surface area contributed by atoms with E-state index in [2.05, 4.69) is 0 Å². The second-order valence-corrected chi connectivity index (χ2v) is 4.94. The molecule has 1 aliphatic rings. The van der Waals surface area contributed by atoms with Crippen LogP contribution in [-0.2, 0) is 6.42 Å². The zero-order chi connectivity index (χ0) is 14.0. The normalized spacial score (nSPS) is 18.4. The summed E-state index contributed by atoms with van der Waals surface area (Å²) in [5.74, 6) is 0. The summed E-state index contributed by atoms with van der Waals surface area (Å²) < 4.78 is 0. The summed E-state index contributed by atoms with van der Waals surface area (Å²) in [6.45, 7) is 1.13. The van der Waals surface area contributed by atoms with Crippen LogP contribution in [0.4, 0.5) is 0 Å². The number of rotatable bonds is 5. The first-order valence-corrected chi connectivity index (χ1v) is 6.24. The minimum absolute atomic E-state index is 0.0699. The average Bonchev–Trinajstić information content (AvgIpc) is 2.79. The van der Waals surface area contributed by atoms with Gasteiger partial charge in [0.2, 0.25) is 6.04 Å². The predicted molar refractivity (Wildman–Crippen MR) is 71.2 cm³/mol. The Morgan fingerprint density at radius 2 is 2.16 bits per heavy atom. The lowest BCUT2D eigenvalue weighted by Crippen LogP contribution is -2.45. The topological polar surface area (TPSA) is 83.6 Å². The SMILES string of the molecule is CC(O)(C1=CCc2ccccc21)C(CCO)[N+](=O)[O-]. The van der Waals surface area contributed by atoms with Crippen molar-refractivity contribution in [3.05, 3.63) is 51.6 Å². The molecule has 1 aliphatic carbocycles. The Labute approximate surface area is 111 Å². The molecule has 0 aromatic heterocycles. The first-order valence-electron chi connectivity index (χ1n) is 6.24. The van der Waals surface area contributed by atoms with Crippen LogP contribution in [-0.4, -0.2) is 33.4 Å². The van der Waals surface area contributed by atoms with Gasteiger partial charge < -0.3 is 10.2 Å². The van der Waals surface area contributed by atoms with Crippen molar-refractivity contribution in [2.45, 2.75) is 31.4 Å². The predicted octanol–water partition coefficient (Wildman–Crippen LogP) is 1.40. The van der Waals surface area contributed by atoms with Crippen LogP contribution >= 0.6 is 0 Å². The monoisotopic (exact) mass is 263 g/mol. The summed E-state index contributed by atoms with van der Waals surface area (Å²) in [6, 6.07) is 6.35. The summed E-state index contributed by atoms with van der Waals surface area (Å²) in [6.07, 6.45) is 2.43. The Morgan fingerprint density at radius 1 is 1.47 bits per heavy atom. The molecule has 2 unspecified atom stereocenters. The van der Waals surface area contributed by atoms with Gasteiger partial charge in [-0.25, -0.2) is 0 Å². The van der Waals surface area contributed by atoms with E-state index in [0.717, 1.165) is 11.1 Å². The number of nitrogens with zero attached hydrogens (tertiary/aromatic N) is 1. The lowest BCUT2D eigenvalue weighted by molar-refractivity contribution is -0.541. The van der Waals surface area contributed by atoms with Crippen LogP contribution in [0.3, 0.4) is 0 Å². The molecule has 0 amide bonds. The molecule has 19 heavy (non-hydrogen) atoms. The van der Waals surface area contributed by atoms with Gasteiger partial charge in [0.25, 0.3) is 0 Å². The number of hydrogen-bond acceptors (Lipinski definition) is 4. The van der Waals surface area contributed by atoms with E-state index in [-0.39, 0.29) is 13.0 Å². The Kier molecular flexibility index (Phi) is 3.68. The molecule has 0 bridgehead atoms. The maximum Gasteiger partial charge on any atom is 0.247 e. The van der Waals surface area contributed by atoms with Crippen LogP contribution in [0.2, 0.25) is 0 Å². The van der Waals surface area contributed by atoms with Gasteiger partial charge in [-0.1, -0.05) is 30.3 Å². The molecule has 2 rings (SSSR count). The minimum atomic E-state index is -1.58. The zero-order valence-electron chi connectivity index (χ0n) is 10.7. The third-order valence-corrected chi connectivity index (χ3v) is 3.68. The van der Waals surface area contributed by atoms with Gasteiger partial charge in [-0.2, -0.15) is 0 Å². The minimum Gasteiger partial charge on any atom is -0.396 e. The summed E-state index contributed by atoms with van der Waals surface area (Å²) in [5, 5.41) is 30.7. The fourth-order valence-electron chi connectivity index (χ4n) is 2.66. The standard InChI is InChI=1S/C14H17NO4/c1-14(17,13(8-9-16)15(18)19)12-7-6-10-4-2-3-5-11(10)12/h2-5,7,13,16-17H,6,8-9H2,1H3. The van der Waals surface area contributed by atoms with Crippen LogP contribution in [0.25, 0.3) is 5.57 Å². The molecule has 0 spiro atoms. The highest BCUT2D eigenvalue weighted by atomic mass is 16.6. The quantitative estimate of drug-likeness (QED) is 0.621. The smallest absolute Gasteiger partial charge is 0.247 e. The lowest BCUT2D eigenvalue weighted by atomic mass is 9.83. The first-order chi connectivity index (χ1) is 8.98. The first kappa shape index (κ1) is 13.7. The Morgan fingerprint density at radius 3 is 2.79 bits per heavy atom. The fraction of sp³-hybridized carbons (Fsp3) is 0.429. The van der Waals surface area contributed by atoms with Crippen molar-refractivity contribution in [2.24, 2.45) is 0 Å². The van der Waals surface area contributed by atoms with Crippen LogP contribution in [0, 0.1) is 10.1 Å². The lowest BCUT2D eigenvalue weighted by Gasteiger charge is -2.28. The number of benzene rings is 1. The summed E-state index contributed by atoms with van der Waals surface area (Å²) in [7, 11) is 0. The Balaban J connectivity index is 2.37. The largest absolute Gasteiger partial charge is 0.396 e. The Bertz CT molecular complexity index is 522. The van der Waals surface area contributed by atoms with Crippen molar-refractivity contribution in [3.63, 3.8) is 0 Å². The molecule has 2 atom stereocenters. The fourth-order valence-corrected chi connectivity index (χ4v) is 2.66. The van der Waals surface area contributed by atoms with Gasteiger partial charge in [0.05, 0.1) is 0 Å². The van der Waals surface area contributed by atoms with E-state index in [1.54, 1.807) is 0 Å². The Hall–Kier alpha value is -1.72. The molecule has 0 aliphatic heterocycles. The van der Waals surface area contributed by atoms with E-state index in [1.165, 1.54) is 6.92 Å². The third kappa shape index (κ3) is 2.39. The number of hydrogen-bond donors (Lipinski definition) is 2. The highest BCUT2D eigenvalue weighted by molar-refractivity contribution is 5.78. The van der Waals surface area contributed by atoms with Gasteiger partial charge in [-0.05, 0) is 30.0 Å². The second kappa shape index (κ2) is 5.11. The molecule has 102 valence electrons. The third-order valence-electron chi connectivity index (χ3n) is 3.68. The summed E-state index contributed by atoms with van der Waals surface area (Å²) >= 11 is 0. The molecule has 0 fully saturated rings. The second-order valence-electron chi connectivity index (χ2n) is 4.94. The van der Waals surface area contributed by atoms with E-state index < -0.39 is 16.6 Å². The molecule has 0 heterocycles. The number of allylic oxidation sites excluding steroid dienone is 1. The molecule has 5 nitrogen and oxygen atoms in total. The summed E-state index contributed by atoms with van der Waals surface area (Å²) in [4.78, 5) is 10.6. The summed E-state index contributed by atoms with van der Waals surface area (Å²) in [5.41, 5.74) is 0.915. The van der Waals surface area contributed by atoms with Gasteiger partial charge >= 0.3 is 0 Å². The maximum atomic E-state index is 11.1.